The van der Waals surface area contributed by atoms with Crippen LogP contribution in [0.5, 0.6) is 0 Å². The molecule has 1 atom stereocenters. The van der Waals surface area contributed by atoms with E-state index in [1.807, 2.05) is 19.3 Å². The summed E-state index contributed by atoms with van der Waals surface area (Å²) in [5.41, 5.74) is 7.61. The third-order valence-electron chi connectivity index (χ3n) is 3.04. The summed E-state index contributed by atoms with van der Waals surface area (Å²) in [5.74, 6) is 6.37. The highest BCUT2D eigenvalue weighted by Crippen LogP contribution is 2.17. The Labute approximate surface area is 114 Å². The van der Waals surface area contributed by atoms with Crippen LogP contribution in [0.2, 0.25) is 0 Å². The van der Waals surface area contributed by atoms with Gasteiger partial charge in [0.25, 0.3) is 0 Å². The molecule has 1 unspecified atom stereocenters. The van der Waals surface area contributed by atoms with Gasteiger partial charge in [0.15, 0.2) is 0 Å². The Morgan fingerprint density at radius 2 is 1.58 bits per heavy atom. The number of hydrogen-bond acceptors (Lipinski definition) is 4. The summed E-state index contributed by atoms with van der Waals surface area (Å²) in [6, 6.07) is 6.44. The van der Waals surface area contributed by atoms with E-state index in [0.717, 1.165) is 17.8 Å². The van der Waals surface area contributed by atoms with Crippen molar-refractivity contribution in [2.24, 2.45) is 5.84 Å². The molecule has 19 heavy (non-hydrogen) atoms. The van der Waals surface area contributed by atoms with Gasteiger partial charge in [0.2, 0.25) is 0 Å². The van der Waals surface area contributed by atoms with Crippen molar-refractivity contribution in [1.29, 1.82) is 0 Å². The number of benzene rings is 1. The molecule has 0 bridgehead atoms. The number of nitrogens with one attached hydrogen (secondary N) is 1. The molecule has 100 valence electrons. The van der Waals surface area contributed by atoms with Gasteiger partial charge in [-0.15, -0.1) is 0 Å². The smallest absolute Gasteiger partial charge is 0.146 e. The average molecular weight is 256 g/mol. The molecule has 0 radical (unpaired) electrons. The molecule has 0 fully saturated rings. The zero-order valence-corrected chi connectivity index (χ0v) is 11.6. The van der Waals surface area contributed by atoms with Crippen molar-refractivity contribution in [2.45, 2.75) is 33.2 Å². The Morgan fingerprint density at radius 1 is 1.00 bits per heavy atom. The average Bonchev–Trinajstić information content (AvgIpc) is 2.36. The van der Waals surface area contributed by atoms with Crippen LogP contribution in [0.25, 0.3) is 0 Å². The molecule has 2 rings (SSSR count). The van der Waals surface area contributed by atoms with Crippen LogP contribution in [0.3, 0.4) is 0 Å². The number of hydrazine groups is 1. The fraction of sp³-hybridized carbons (Fsp3) is 0.333. The summed E-state index contributed by atoms with van der Waals surface area (Å²) in [6.45, 7) is 6.17. The second-order valence-electron chi connectivity index (χ2n) is 5.04. The van der Waals surface area contributed by atoms with Crippen LogP contribution in [-0.2, 0) is 6.42 Å². The lowest BCUT2D eigenvalue weighted by Gasteiger charge is -2.15. The van der Waals surface area contributed by atoms with Crippen molar-refractivity contribution in [2.75, 3.05) is 0 Å². The van der Waals surface area contributed by atoms with Crippen LogP contribution in [0, 0.1) is 20.8 Å². The summed E-state index contributed by atoms with van der Waals surface area (Å²) < 4.78 is 0. The monoisotopic (exact) mass is 256 g/mol. The Kier molecular flexibility index (Phi) is 4.24. The van der Waals surface area contributed by atoms with Crippen molar-refractivity contribution >= 4 is 0 Å². The molecule has 0 saturated heterocycles. The summed E-state index contributed by atoms with van der Waals surface area (Å²) >= 11 is 0. The maximum absolute atomic E-state index is 5.64. The van der Waals surface area contributed by atoms with Gasteiger partial charge in [0.1, 0.15) is 5.82 Å². The van der Waals surface area contributed by atoms with Crippen LogP contribution in [0.15, 0.2) is 30.6 Å². The van der Waals surface area contributed by atoms with Gasteiger partial charge in [-0.1, -0.05) is 29.3 Å². The van der Waals surface area contributed by atoms with Crippen LogP contribution in [0.4, 0.5) is 0 Å². The normalized spacial score (nSPS) is 12.4. The SMILES string of the molecule is Cc1cnc(C(Cc2cc(C)cc(C)c2)NN)nc1. The number of nitrogens with zero attached hydrogens (tertiary/aromatic N) is 2. The van der Waals surface area contributed by atoms with Gasteiger partial charge in [-0.25, -0.2) is 15.4 Å². The van der Waals surface area contributed by atoms with E-state index in [-0.39, 0.29) is 6.04 Å². The number of nitrogens with two attached hydrogens (primary N) is 1. The first-order valence-corrected chi connectivity index (χ1v) is 6.40. The van der Waals surface area contributed by atoms with E-state index in [9.17, 15) is 0 Å². The number of hydrogen-bond donors (Lipinski definition) is 2. The Hall–Kier alpha value is -1.78. The first-order valence-electron chi connectivity index (χ1n) is 6.40. The first-order chi connectivity index (χ1) is 9.08. The van der Waals surface area contributed by atoms with Gasteiger partial charge in [-0.2, -0.15) is 0 Å². The minimum Gasteiger partial charge on any atom is -0.271 e. The molecular formula is C15H20N4. The van der Waals surface area contributed by atoms with Gasteiger partial charge in [-0.3, -0.25) is 5.84 Å². The number of aromatic nitrogens is 2. The largest absolute Gasteiger partial charge is 0.271 e. The Morgan fingerprint density at radius 3 is 2.11 bits per heavy atom. The highest BCUT2D eigenvalue weighted by molar-refractivity contribution is 5.29. The molecule has 0 aliphatic rings. The highest BCUT2D eigenvalue weighted by atomic mass is 15.2. The molecule has 1 heterocycles. The van der Waals surface area contributed by atoms with Gasteiger partial charge in [-0.05, 0) is 38.3 Å². The van der Waals surface area contributed by atoms with Gasteiger partial charge >= 0.3 is 0 Å². The summed E-state index contributed by atoms with van der Waals surface area (Å²) in [6.07, 6.45) is 4.41. The van der Waals surface area contributed by atoms with Gasteiger partial charge in [0.05, 0.1) is 6.04 Å². The lowest BCUT2D eigenvalue weighted by Crippen LogP contribution is -2.31. The maximum Gasteiger partial charge on any atom is 0.146 e. The predicted octanol–water partition coefficient (Wildman–Crippen LogP) is 2.15. The van der Waals surface area contributed by atoms with Crippen molar-refractivity contribution < 1.29 is 0 Å². The Balaban J connectivity index is 2.21. The summed E-state index contributed by atoms with van der Waals surface area (Å²) in [7, 11) is 0. The lowest BCUT2D eigenvalue weighted by atomic mass is 10.0. The van der Waals surface area contributed by atoms with Crippen molar-refractivity contribution in [3.8, 4) is 0 Å². The third-order valence-corrected chi connectivity index (χ3v) is 3.04. The fourth-order valence-corrected chi connectivity index (χ4v) is 2.23. The standard InChI is InChI=1S/C15H20N4/c1-10-4-11(2)6-13(5-10)7-14(19-16)15-17-8-12(3)9-18-15/h4-6,8-9,14,19H,7,16H2,1-3H3. The predicted molar refractivity (Wildman–Crippen MR) is 76.5 cm³/mol. The number of rotatable bonds is 4. The van der Waals surface area contributed by atoms with Crippen LogP contribution in [0.1, 0.15) is 34.1 Å². The molecule has 0 aliphatic heterocycles. The van der Waals surface area contributed by atoms with E-state index in [1.165, 1.54) is 16.7 Å². The molecule has 0 amide bonds. The van der Waals surface area contributed by atoms with Crippen molar-refractivity contribution in [3.05, 3.63) is 58.7 Å². The van der Waals surface area contributed by atoms with Crippen LogP contribution >= 0.6 is 0 Å². The molecule has 0 saturated carbocycles. The molecule has 0 aliphatic carbocycles. The summed E-state index contributed by atoms with van der Waals surface area (Å²) in [5, 5.41) is 0. The van der Waals surface area contributed by atoms with Crippen molar-refractivity contribution in [1.82, 2.24) is 15.4 Å². The minimum atomic E-state index is -0.0678. The second-order valence-corrected chi connectivity index (χ2v) is 5.04. The topological polar surface area (TPSA) is 63.8 Å². The quantitative estimate of drug-likeness (QED) is 0.650. The third kappa shape index (κ3) is 3.59. The van der Waals surface area contributed by atoms with Gasteiger partial charge < -0.3 is 0 Å². The zero-order chi connectivity index (χ0) is 13.8. The second kappa shape index (κ2) is 5.91. The molecular weight excluding hydrogens is 236 g/mol. The number of aryl methyl sites for hydroxylation is 3. The summed E-state index contributed by atoms with van der Waals surface area (Å²) in [4.78, 5) is 8.67. The molecule has 4 heteroatoms. The highest BCUT2D eigenvalue weighted by Gasteiger charge is 2.13. The first kappa shape index (κ1) is 13.6. The van der Waals surface area contributed by atoms with E-state index < -0.39 is 0 Å². The molecule has 1 aromatic heterocycles. The Bertz CT molecular complexity index is 528. The molecule has 0 spiro atoms. The lowest BCUT2D eigenvalue weighted by molar-refractivity contribution is 0.522. The van der Waals surface area contributed by atoms with Gasteiger partial charge in [0, 0.05) is 12.4 Å². The minimum absolute atomic E-state index is 0.0678. The van der Waals surface area contributed by atoms with E-state index in [4.69, 9.17) is 5.84 Å². The molecule has 1 aromatic carbocycles. The van der Waals surface area contributed by atoms with E-state index in [1.54, 1.807) is 0 Å². The zero-order valence-electron chi connectivity index (χ0n) is 11.6. The van der Waals surface area contributed by atoms with E-state index in [2.05, 4.69) is 47.4 Å². The molecule has 3 N–H and O–H groups in total. The fourth-order valence-electron chi connectivity index (χ4n) is 2.23. The molecule has 2 aromatic rings. The molecule has 4 nitrogen and oxygen atoms in total. The van der Waals surface area contributed by atoms with E-state index >= 15 is 0 Å². The van der Waals surface area contributed by atoms with E-state index in [0.29, 0.717) is 0 Å². The van der Waals surface area contributed by atoms with Crippen molar-refractivity contribution in [3.63, 3.8) is 0 Å². The van der Waals surface area contributed by atoms with Crippen LogP contribution < -0.4 is 11.3 Å². The maximum atomic E-state index is 5.64. The van der Waals surface area contributed by atoms with Crippen LogP contribution in [-0.4, -0.2) is 9.97 Å².